The van der Waals surface area contributed by atoms with Gasteiger partial charge in [-0.1, -0.05) is 6.92 Å². The van der Waals surface area contributed by atoms with Crippen LogP contribution in [-0.2, 0) is 13.3 Å². The van der Waals surface area contributed by atoms with Crippen LogP contribution in [0.2, 0.25) is 6.04 Å². The zero-order valence-electron chi connectivity index (χ0n) is 11.0. The minimum atomic E-state index is -2.39. The van der Waals surface area contributed by atoms with Crippen LogP contribution in [0.15, 0.2) is 0 Å². The van der Waals surface area contributed by atoms with Gasteiger partial charge in [-0.15, -0.1) is 0 Å². The topological polar surface area (TPSA) is 30.9 Å². The van der Waals surface area contributed by atoms with Crippen molar-refractivity contribution in [3.05, 3.63) is 0 Å². The average Bonchev–Trinajstić information content (AvgIpc) is 2.74. The Kier molecular flexibility index (Phi) is 5.92. The molecule has 0 aromatic carbocycles. The van der Waals surface area contributed by atoms with E-state index in [1.165, 1.54) is 32.4 Å². The minimum absolute atomic E-state index is 0.575. The molecule has 16 heavy (non-hydrogen) atoms. The molecular formula is C11H25NO3Si. The quantitative estimate of drug-likeness (QED) is 0.641. The van der Waals surface area contributed by atoms with E-state index < -0.39 is 8.80 Å². The zero-order chi connectivity index (χ0) is 12.0. The summed E-state index contributed by atoms with van der Waals surface area (Å²) >= 11 is 0. The summed E-state index contributed by atoms with van der Waals surface area (Å²) in [7, 11) is 2.68. The Morgan fingerprint density at radius 1 is 1.19 bits per heavy atom. The minimum Gasteiger partial charge on any atom is -0.377 e. The van der Waals surface area contributed by atoms with Crippen molar-refractivity contribution in [3.63, 3.8) is 0 Å². The van der Waals surface area contributed by atoms with E-state index in [2.05, 4.69) is 11.8 Å². The molecule has 0 N–H and O–H groups in total. The monoisotopic (exact) mass is 247 g/mol. The molecule has 0 bridgehead atoms. The van der Waals surface area contributed by atoms with Gasteiger partial charge in [0.05, 0.1) is 0 Å². The number of hydrogen-bond acceptors (Lipinski definition) is 4. The third-order valence-corrected chi connectivity index (χ3v) is 6.27. The molecule has 1 atom stereocenters. The molecule has 0 radical (unpaired) electrons. The molecule has 0 aromatic rings. The second-order valence-electron chi connectivity index (χ2n) is 4.33. The Bertz CT molecular complexity index is 191. The molecule has 1 rings (SSSR count). The Morgan fingerprint density at radius 2 is 1.81 bits per heavy atom. The van der Waals surface area contributed by atoms with E-state index in [4.69, 9.17) is 13.3 Å². The average molecular weight is 247 g/mol. The molecular weight excluding hydrogens is 222 g/mol. The van der Waals surface area contributed by atoms with Gasteiger partial charge >= 0.3 is 8.80 Å². The molecule has 1 aliphatic rings. The van der Waals surface area contributed by atoms with Crippen molar-refractivity contribution in [3.8, 4) is 0 Å². The van der Waals surface area contributed by atoms with E-state index in [0.717, 1.165) is 6.04 Å². The van der Waals surface area contributed by atoms with Gasteiger partial charge in [0.1, 0.15) is 0 Å². The molecule has 0 spiro atoms. The summed E-state index contributed by atoms with van der Waals surface area (Å²) in [6.07, 6.45) is 3.73. The number of rotatable bonds is 7. The van der Waals surface area contributed by atoms with Crippen LogP contribution in [0.5, 0.6) is 0 Å². The van der Waals surface area contributed by atoms with Gasteiger partial charge in [0.2, 0.25) is 0 Å². The molecule has 0 saturated carbocycles. The van der Waals surface area contributed by atoms with Crippen LogP contribution in [0, 0.1) is 0 Å². The van der Waals surface area contributed by atoms with Gasteiger partial charge < -0.3 is 18.2 Å². The maximum Gasteiger partial charge on any atom is 0.501 e. The highest BCUT2D eigenvalue weighted by Gasteiger charge is 2.43. The van der Waals surface area contributed by atoms with Crippen LogP contribution >= 0.6 is 0 Å². The van der Waals surface area contributed by atoms with Gasteiger partial charge in [0, 0.05) is 33.4 Å². The Morgan fingerprint density at radius 3 is 2.31 bits per heavy atom. The predicted octanol–water partition coefficient (Wildman–Crippen LogP) is 1.74. The van der Waals surface area contributed by atoms with Crippen LogP contribution in [0.3, 0.4) is 0 Å². The normalized spacial score (nSPS) is 22.9. The summed E-state index contributed by atoms with van der Waals surface area (Å²) in [6.45, 7) is 4.61. The van der Waals surface area contributed by atoms with E-state index in [9.17, 15) is 0 Å². The van der Waals surface area contributed by atoms with Gasteiger partial charge in [0.25, 0.3) is 0 Å². The second-order valence-corrected chi connectivity index (χ2v) is 7.33. The Hall–Kier alpha value is 0.0569. The lowest BCUT2D eigenvalue weighted by Crippen LogP contribution is -2.48. The first-order valence-corrected chi connectivity index (χ1v) is 8.04. The van der Waals surface area contributed by atoms with Crippen molar-refractivity contribution < 1.29 is 13.3 Å². The first-order valence-electron chi connectivity index (χ1n) is 6.10. The fourth-order valence-corrected chi connectivity index (χ4v) is 4.54. The van der Waals surface area contributed by atoms with Gasteiger partial charge in [-0.3, -0.25) is 0 Å². The number of nitrogens with zero attached hydrogens (tertiary/aromatic N) is 1. The summed E-state index contributed by atoms with van der Waals surface area (Å²) in [5.74, 6) is 0. The van der Waals surface area contributed by atoms with Crippen molar-refractivity contribution in [2.45, 2.75) is 38.3 Å². The fraction of sp³-hybridized carbons (Fsp3) is 1.00. The molecule has 0 aliphatic carbocycles. The van der Waals surface area contributed by atoms with Crippen molar-refractivity contribution in [2.75, 3.05) is 34.4 Å². The highest BCUT2D eigenvalue weighted by Crippen LogP contribution is 2.26. The van der Waals surface area contributed by atoms with Crippen LogP contribution in [0.4, 0.5) is 0 Å². The van der Waals surface area contributed by atoms with Crippen LogP contribution in [0.25, 0.3) is 0 Å². The lowest BCUT2D eigenvalue weighted by Gasteiger charge is -2.31. The van der Waals surface area contributed by atoms with Gasteiger partial charge in [0.15, 0.2) is 0 Å². The maximum absolute atomic E-state index is 5.49. The molecule has 0 amide bonds. The Balaban J connectivity index is 2.56. The smallest absolute Gasteiger partial charge is 0.377 e. The lowest BCUT2D eigenvalue weighted by atomic mass is 10.2. The summed E-state index contributed by atoms with van der Waals surface area (Å²) in [6, 6.07) is 1.49. The fourth-order valence-electron chi connectivity index (χ4n) is 2.50. The first kappa shape index (κ1) is 14.1. The molecule has 96 valence electrons. The number of likely N-dealkylation sites (tertiary alicyclic amines) is 1. The van der Waals surface area contributed by atoms with Crippen molar-refractivity contribution in [2.24, 2.45) is 0 Å². The lowest BCUT2D eigenvalue weighted by molar-refractivity contribution is 0.112. The van der Waals surface area contributed by atoms with E-state index in [0.29, 0.717) is 6.04 Å². The molecule has 4 nitrogen and oxygen atoms in total. The molecule has 1 fully saturated rings. The standard InChI is InChI=1S/C11H25NO3Si/c1-5-8-12-9-6-7-11(12)10-16(13-2,14-3)15-4/h11H,5-10H2,1-4H3. The van der Waals surface area contributed by atoms with Gasteiger partial charge in [-0.2, -0.15) is 0 Å². The molecule has 0 aromatic heterocycles. The van der Waals surface area contributed by atoms with E-state index in [-0.39, 0.29) is 0 Å². The van der Waals surface area contributed by atoms with Crippen LogP contribution in [-0.4, -0.2) is 54.2 Å². The van der Waals surface area contributed by atoms with Crippen molar-refractivity contribution >= 4 is 8.80 Å². The molecule has 1 unspecified atom stereocenters. The zero-order valence-corrected chi connectivity index (χ0v) is 12.0. The molecule has 1 saturated heterocycles. The second kappa shape index (κ2) is 6.71. The number of hydrogen-bond donors (Lipinski definition) is 0. The maximum atomic E-state index is 5.49. The first-order chi connectivity index (χ1) is 7.71. The van der Waals surface area contributed by atoms with E-state index in [1.807, 2.05) is 0 Å². The Labute approximate surface area is 100 Å². The molecule has 1 aliphatic heterocycles. The SMILES string of the molecule is CCCN1CCCC1C[Si](OC)(OC)OC. The highest BCUT2D eigenvalue weighted by atomic mass is 28.4. The predicted molar refractivity (Wildman–Crippen MR) is 66.5 cm³/mol. The summed E-state index contributed by atoms with van der Waals surface area (Å²) in [5, 5.41) is 0. The van der Waals surface area contributed by atoms with Crippen molar-refractivity contribution in [1.82, 2.24) is 4.90 Å². The summed E-state index contributed by atoms with van der Waals surface area (Å²) in [5.41, 5.74) is 0. The third kappa shape index (κ3) is 3.27. The summed E-state index contributed by atoms with van der Waals surface area (Å²) in [4.78, 5) is 2.54. The van der Waals surface area contributed by atoms with Crippen LogP contribution < -0.4 is 0 Å². The van der Waals surface area contributed by atoms with Crippen LogP contribution in [0.1, 0.15) is 26.2 Å². The molecule has 1 heterocycles. The highest BCUT2D eigenvalue weighted by molar-refractivity contribution is 6.60. The van der Waals surface area contributed by atoms with Crippen molar-refractivity contribution in [1.29, 1.82) is 0 Å². The van der Waals surface area contributed by atoms with Gasteiger partial charge in [-0.25, -0.2) is 0 Å². The third-order valence-electron chi connectivity index (χ3n) is 3.43. The summed E-state index contributed by atoms with van der Waals surface area (Å²) < 4.78 is 16.5. The van der Waals surface area contributed by atoms with E-state index >= 15 is 0 Å². The van der Waals surface area contributed by atoms with E-state index in [1.54, 1.807) is 21.3 Å². The largest absolute Gasteiger partial charge is 0.501 e. The molecule has 5 heteroatoms. The van der Waals surface area contributed by atoms with Gasteiger partial charge in [-0.05, 0) is 32.4 Å².